The maximum Gasteiger partial charge on any atom is 0.289 e. The monoisotopic (exact) mass is 496 g/mol. The Bertz CT molecular complexity index is 1440. The van der Waals surface area contributed by atoms with E-state index in [4.69, 9.17) is 4.42 Å². The average molecular weight is 497 g/mol. The molecule has 4 aromatic rings. The van der Waals surface area contributed by atoms with Crippen molar-refractivity contribution in [3.8, 4) is 0 Å². The van der Waals surface area contributed by atoms with Gasteiger partial charge in [0.2, 0.25) is 10.0 Å². The summed E-state index contributed by atoms with van der Waals surface area (Å²) in [6.45, 7) is 1.10. The molecule has 8 nitrogen and oxygen atoms in total. The number of hydrogen-bond acceptors (Lipinski definition) is 6. The molecule has 0 radical (unpaired) electrons. The van der Waals surface area contributed by atoms with E-state index in [1.54, 1.807) is 35.4 Å². The molecule has 176 valence electrons. The summed E-state index contributed by atoms with van der Waals surface area (Å²) in [5.41, 5.74) is 0. The van der Waals surface area contributed by atoms with Gasteiger partial charge < -0.3 is 13.9 Å². The highest BCUT2D eigenvalue weighted by Crippen LogP contribution is 2.25. The molecule has 0 saturated carbocycles. The number of sulfonamides is 1. The second-order valence-electron chi connectivity index (χ2n) is 8.08. The number of rotatable bonds is 6. The van der Waals surface area contributed by atoms with E-state index in [1.807, 2.05) is 48.1 Å². The number of hydrogen-bond donors (Lipinski definition) is 0. The van der Waals surface area contributed by atoms with Gasteiger partial charge in [-0.25, -0.2) is 13.4 Å². The van der Waals surface area contributed by atoms with E-state index in [2.05, 4.69) is 4.98 Å². The molecule has 1 amide bonds. The van der Waals surface area contributed by atoms with Crippen molar-refractivity contribution in [3.63, 3.8) is 0 Å². The molecular formula is C24H24N4O4S2. The van der Waals surface area contributed by atoms with Gasteiger partial charge in [0.1, 0.15) is 5.76 Å². The van der Waals surface area contributed by atoms with Crippen LogP contribution >= 0.6 is 11.8 Å². The number of aromatic nitrogens is 2. The number of imidazole rings is 1. The highest BCUT2D eigenvalue weighted by Gasteiger charge is 2.31. The first kappa shape index (κ1) is 22.7. The second-order valence-corrected chi connectivity index (χ2v) is 11.0. The van der Waals surface area contributed by atoms with Gasteiger partial charge in [-0.05, 0) is 35.0 Å². The lowest BCUT2D eigenvalue weighted by atomic mass is 10.1. The topological polar surface area (TPSA) is 88.7 Å². The molecule has 0 unspecified atom stereocenters. The lowest BCUT2D eigenvalue weighted by molar-refractivity contribution is 0.0664. The van der Waals surface area contributed by atoms with Crippen LogP contribution < -0.4 is 0 Å². The number of fused-ring (bicyclic) bond motifs is 1. The van der Waals surface area contributed by atoms with E-state index in [-0.39, 0.29) is 29.7 Å². The van der Waals surface area contributed by atoms with Crippen molar-refractivity contribution in [1.82, 2.24) is 18.8 Å². The number of amides is 1. The average Bonchev–Trinajstić information content (AvgIpc) is 3.50. The van der Waals surface area contributed by atoms with E-state index in [9.17, 15) is 13.2 Å². The van der Waals surface area contributed by atoms with Crippen molar-refractivity contribution in [2.24, 2.45) is 7.05 Å². The highest BCUT2D eigenvalue weighted by molar-refractivity contribution is 7.98. The van der Waals surface area contributed by atoms with Gasteiger partial charge in [-0.3, -0.25) is 4.79 Å². The second kappa shape index (κ2) is 9.28. The number of thioether (sulfide) groups is 1. The third kappa shape index (κ3) is 4.48. The first-order valence-corrected chi connectivity index (χ1v) is 13.3. The first-order chi connectivity index (χ1) is 16.4. The number of furan rings is 1. The van der Waals surface area contributed by atoms with E-state index in [0.717, 1.165) is 15.9 Å². The Kier molecular flexibility index (Phi) is 6.20. The van der Waals surface area contributed by atoms with Gasteiger partial charge in [0, 0.05) is 45.6 Å². The van der Waals surface area contributed by atoms with Crippen LogP contribution in [0, 0.1) is 0 Å². The van der Waals surface area contributed by atoms with Crippen LogP contribution in [0.2, 0.25) is 0 Å². The molecule has 10 heteroatoms. The minimum Gasteiger partial charge on any atom is -0.455 e. The summed E-state index contributed by atoms with van der Waals surface area (Å²) in [7, 11) is -1.71. The zero-order valence-electron chi connectivity index (χ0n) is 18.6. The highest BCUT2D eigenvalue weighted by atomic mass is 32.2. The Morgan fingerprint density at radius 3 is 2.53 bits per heavy atom. The molecule has 1 aliphatic rings. The quantitative estimate of drug-likeness (QED) is 0.379. The fraction of sp³-hybridized carbons (Fsp3) is 0.250. The fourth-order valence-corrected chi connectivity index (χ4v) is 6.25. The van der Waals surface area contributed by atoms with Crippen LogP contribution in [-0.2, 0) is 22.8 Å². The summed E-state index contributed by atoms with van der Waals surface area (Å²) in [6, 6.07) is 16.3. The van der Waals surface area contributed by atoms with Crippen LogP contribution in [0.5, 0.6) is 0 Å². The van der Waals surface area contributed by atoms with E-state index < -0.39 is 10.0 Å². The smallest absolute Gasteiger partial charge is 0.289 e. The minimum absolute atomic E-state index is 0.226. The van der Waals surface area contributed by atoms with Crippen LogP contribution in [-0.4, -0.2) is 59.3 Å². The van der Waals surface area contributed by atoms with Crippen molar-refractivity contribution < 1.29 is 17.6 Å². The SMILES string of the molecule is Cn1ccnc1SCc1ccc(C(=O)N2CCN(S(=O)(=O)c3ccc4ccccc4c3)CC2)o1. The van der Waals surface area contributed by atoms with Gasteiger partial charge in [-0.1, -0.05) is 42.1 Å². The van der Waals surface area contributed by atoms with E-state index in [0.29, 0.717) is 24.6 Å². The lowest BCUT2D eigenvalue weighted by Gasteiger charge is -2.33. The fourth-order valence-electron chi connectivity index (χ4n) is 3.96. The van der Waals surface area contributed by atoms with Crippen molar-refractivity contribution in [3.05, 3.63) is 78.5 Å². The molecule has 0 N–H and O–H groups in total. The summed E-state index contributed by atoms with van der Waals surface area (Å²) < 4.78 is 35.5. The van der Waals surface area contributed by atoms with Crippen LogP contribution in [0.3, 0.4) is 0 Å². The molecule has 3 heterocycles. The standard InChI is InChI=1S/C24H24N4O4S2/c1-26-11-10-25-24(26)33-17-20-7-9-22(32-20)23(29)27-12-14-28(15-13-27)34(30,31)21-8-6-18-4-2-3-5-19(18)16-21/h2-11,16H,12-15,17H2,1H3. The number of nitrogens with zero attached hydrogens (tertiary/aromatic N) is 4. The van der Waals surface area contributed by atoms with Crippen molar-refractivity contribution in [1.29, 1.82) is 0 Å². The van der Waals surface area contributed by atoms with Crippen molar-refractivity contribution >= 4 is 38.5 Å². The number of carbonyl (C=O) groups excluding carboxylic acids is 1. The summed E-state index contributed by atoms with van der Waals surface area (Å²) in [6.07, 6.45) is 3.61. The van der Waals surface area contributed by atoms with Crippen LogP contribution in [0.1, 0.15) is 16.3 Å². The zero-order chi connectivity index (χ0) is 23.7. The Balaban J connectivity index is 1.21. The van der Waals surface area contributed by atoms with Crippen LogP contribution in [0.15, 0.2) is 81.5 Å². The Labute approximate surface area is 202 Å². The predicted octanol–water partition coefficient (Wildman–Crippen LogP) is 3.61. The van der Waals surface area contributed by atoms with E-state index in [1.165, 1.54) is 16.1 Å². The van der Waals surface area contributed by atoms with Crippen LogP contribution in [0.25, 0.3) is 10.8 Å². The zero-order valence-corrected chi connectivity index (χ0v) is 20.3. The number of benzene rings is 2. The van der Waals surface area contributed by atoms with Gasteiger partial charge in [0.25, 0.3) is 5.91 Å². The van der Waals surface area contributed by atoms with Gasteiger partial charge in [0.15, 0.2) is 10.9 Å². The van der Waals surface area contributed by atoms with Crippen LogP contribution in [0.4, 0.5) is 0 Å². The molecule has 1 saturated heterocycles. The Hall–Kier alpha value is -3.08. The van der Waals surface area contributed by atoms with Gasteiger partial charge in [0.05, 0.1) is 10.6 Å². The molecule has 0 spiro atoms. The molecule has 34 heavy (non-hydrogen) atoms. The number of piperazine rings is 1. The molecule has 5 rings (SSSR count). The molecule has 1 aliphatic heterocycles. The van der Waals surface area contributed by atoms with Crippen molar-refractivity contribution in [2.75, 3.05) is 26.2 Å². The predicted molar refractivity (Wildman–Crippen MR) is 130 cm³/mol. The minimum atomic E-state index is -3.63. The molecule has 1 fully saturated rings. The number of aryl methyl sites for hydroxylation is 1. The summed E-state index contributed by atoms with van der Waals surface area (Å²) in [5.74, 6) is 1.29. The number of carbonyl (C=O) groups is 1. The third-order valence-corrected chi connectivity index (χ3v) is 8.85. The molecular weight excluding hydrogens is 472 g/mol. The lowest BCUT2D eigenvalue weighted by Crippen LogP contribution is -2.50. The first-order valence-electron chi connectivity index (χ1n) is 10.9. The Morgan fingerprint density at radius 2 is 1.79 bits per heavy atom. The maximum atomic E-state index is 13.2. The molecule has 0 aliphatic carbocycles. The summed E-state index contributed by atoms with van der Waals surface area (Å²) in [5, 5.41) is 2.74. The molecule has 0 bridgehead atoms. The van der Waals surface area contributed by atoms with Gasteiger partial charge >= 0.3 is 0 Å². The largest absolute Gasteiger partial charge is 0.455 e. The molecule has 2 aromatic carbocycles. The third-order valence-electron chi connectivity index (χ3n) is 5.88. The van der Waals surface area contributed by atoms with Crippen molar-refractivity contribution in [2.45, 2.75) is 15.8 Å². The molecule has 2 aromatic heterocycles. The van der Waals surface area contributed by atoms with Gasteiger partial charge in [-0.15, -0.1) is 0 Å². The normalized spacial score (nSPS) is 15.1. The summed E-state index contributed by atoms with van der Waals surface area (Å²) in [4.78, 5) is 19.1. The Morgan fingerprint density at radius 1 is 1.03 bits per heavy atom. The van der Waals surface area contributed by atoms with E-state index >= 15 is 0 Å². The molecule has 0 atom stereocenters. The van der Waals surface area contributed by atoms with Gasteiger partial charge in [-0.2, -0.15) is 4.31 Å². The maximum absolute atomic E-state index is 13.2. The summed E-state index contributed by atoms with van der Waals surface area (Å²) >= 11 is 1.53.